The first-order valence-electron chi connectivity index (χ1n) is 9.04. The van der Waals surface area contributed by atoms with E-state index in [4.69, 9.17) is 5.11 Å². The molecule has 0 saturated heterocycles. The highest BCUT2D eigenvalue weighted by Crippen LogP contribution is 2.16. The highest BCUT2D eigenvalue weighted by molar-refractivity contribution is 5.87. The third-order valence-corrected chi connectivity index (χ3v) is 4.00. The molecular weight excluding hydrogens is 364 g/mol. The third kappa shape index (κ3) is 9.16. The maximum absolute atomic E-state index is 11.9. The summed E-state index contributed by atoms with van der Waals surface area (Å²) in [6.45, 7) is 7.69. The topological polar surface area (TPSA) is 122 Å². The number of carboxylic acids is 1. The van der Waals surface area contributed by atoms with E-state index >= 15 is 0 Å². The molecule has 0 spiro atoms. The Bertz CT molecular complexity index is 706. The Morgan fingerprint density at radius 3 is 2.21 bits per heavy atom. The van der Waals surface area contributed by atoms with E-state index in [9.17, 15) is 19.2 Å². The molecule has 0 aromatic heterocycles. The van der Waals surface area contributed by atoms with Crippen LogP contribution < -0.4 is 10.8 Å². The molecule has 28 heavy (non-hydrogen) atoms. The number of carbonyl (C=O) groups is 4. The number of carboxylic acid groups (broad SMARTS) is 1. The van der Waals surface area contributed by atoms with Gasteiger partial charge in [-0.15, -0.1) is 0 Å². The number of carbonyl (C=O) groups excluding carboxylic acids is 3. The molecule has 1 aromatic carbocycles. The van der Waals surface area contributed by atoms with Crippen molar-refractivity contribution in [3.05, 3.63) is 35.4 Å². The van der Waals surface area contributed by atoms with Gasteiger partial charge in [-0.1, -0.05) is 32.9 Å². The predicted molar refractivity (Wildman–Crippen MR) is 103 cm³/mol. The van der Waals surface area contributed by atoms with Crippen molar-refractivity contribution in [1.29, 1.82) is 0 Å². The lowest BCUT2D eigenvalue weighted by molar-refractivity contribution is -0.130. The average Bonchev–Trinajstić information content (AvgIpc) is 2.61. The highest BCUT2D eigenvalue weighted by Gasteiger charge is 2.18. The van der Waals surface area contributed by atoms with Gasteiger partial charge < -0.3 is 15.3 Å². The van der Waals surface area contributed by atoms with Gasteiger partial charge in [0.1, 0.15) is 5.78 Å². The molecule has 2 amide bonds. The highest BCUT2D eigenvalue weighted by atomic mass is 16.7. The van der Waals surface area contributed by atoms with Gasteiger partial charge in [0.15, 0.2) is 0 Å². The second-order valence-electron chi connectivity index (χ2n) is 7.88. The van der Waals surface area contributed by atoms with Crippen molar-refractivity contribution in [3.63, 3.8) is 0 Å². The minimum absolute atomic E-state index is 0.0179. The SMILES string of the molecule is CC(=O)C(CCC(=O)NOC(=O)NCC(C)(C)C)Cc1ccc(C(=O)O)cc1. The quantitative estimate of drug-likeness (QED) is 0.585. The molecule has 0 heterocycles. The summed E-state index contributed by atoms with van der Waals surface area (Å²) < 4.78 is 0. The van der Waals surface area contributed by atoms with E-state index in [0.717, 1.165) is 5.56 Å². The lowest BCUT2D eigenvalue weighted by Gasteiger charge is -2.18. The molecule has 8 nitrogen and oxygen atoms in total. The summed E-state index contributed by atoms with van der Waals surface area (Å²) in [6.07, 6.45) is -0.0428. The molecular formula is C20H28N2O6. The van der Waals surface area contributed by atoms with Crippen LogP contribution in [0.5, 0.6) is 0 Å². The minimum Gasteiger partial charge on any atom is -0.478 e. The van der Waals surface area contributed by atoms with Crippen molar-refractivity contribution in [3.8, 4) is 0 Å². The molecule has 0 saturated carbocycles. The van der Waals surface area contributed by atoms with Crippen LogP contribution in [-0.4, -0.2) is 35.4 Å². The first-order chi connectivity index (χ1) is 13.0. The van der Waals surface area contributed by atoms with Crippen LogP contribution in [0.3, 0.4) is 0 Å². The number of benzene rings is 1. The molecule has 3 N–H and O–H groups in total. The lowest BCUT2D eigenvalue weighted by Crippen LogP contribution is -2.37. The average molecular weight is 392 g/mol. The van der Waals surface area contributed by atoms with Crippen LogP contribution in [-0.2, 0) is 20.8 Å². The molecule has 0 aliphatic carbocycles. The largest absolute Gasteiger partial charge is 0.478 e. The summed E-state index contributed by atoms with van der Waals surface area (Å²) in [6, 6.07) is 6.27. The number of amides is 2. The standard InChI is InChI=1S/C20H28N2O6/c1-13(23)16(11-14-5-7-15(8-6-14)18(25)26)9-10-17(24)22-28-19(27)21-12-20(2,3)4/h5-8,16H,9-12H2,1-4H3,(H,21,27)(H,22,24)(H,25,26). The second kappa shape index (κ2) is 10.4. The van der Waals surface area contributed by atoms with Crippen LogP contribution in [0, 0.1) is 11.3 Å². The van der Waals surface area contributed by atoms with Crippen molar-refractivity contribution < 1.29 is 29.1 Å². The molecule has 1 aromatic rings. The van der Waals surface area contributed by atoms with Crippen LogP contribution in [0.4, 0.5) is 4.79 Å². The molecule has 1 rings (SSSR count). The second-order valence-corrected chi connectivity index (χ2v) is 7.88. The Morgan fingerprint density at radius 1 is 1.11 bits per heavy atom. The summed E-state index contributed by atoms with van der Waals surface area (Å²) in [5.74, 6) is -1.98. The molecule has 0 bridgehead atoms. The predicted octanol–water partition coefficient (Wildman–Crippen LogP) is 2.72. The number of hydrogen-bond donors (Lipinski definition) is 3. The lowest BCUT2D eigenvalue weighted by atomic mass is 9.91. The van der Waals surface area contributed by atoms with Crippen molar-refractivity contribution in [2.75, 3.05) is 6.54 Å². The molecule has 0 aliphatic rings. The van der Waals surface area contributed by atoms with Crippen LogP contribution in [0.25, 0.3) is 0 Å². The fraction of sp³-hybridized carbons (Fsp3) is 0.500. The van der Waals surface area contributed by atoms with Gasteiger partial charge in [0, 0.05) is 18.9 Å². The third-order valence-electron chi connectivity index (χ3n) is 4.00. The van der Waals surface area contributed by atoms with Crippen molar-refractivity contribution in [2.24, 2.45) is 11.3 Å². The van der Waals surface area contributed by atoms with Gasteiger partial charge in [0.2, 0.25) is 0 Å². The van der Waals surface area contributed by atoms with Crippen LogP contribution in [0.2, 0.25) is 0 Å². The molecule has 8 heteroatoms. The van der Waals surface area contributed by atoms with Crippen molar-refractivity contribution >= 4 is 23.8 Å². The van der Waals surface area contributed by atoms with Crippen molar-refractivity contribution in [2.45, 2.75) is 47.0 Å². The van der Waals surface area contributed by atoms with E-state index in [1.165, 1.54) is 19.1 Å². The van der Waals surface area contributed by atoms with Crippen LogP contribution >= 0.6 is 0 Å². The summed E-state index contributed by atoms with van der Waals surface area (Å²) in [4.78, 5) is 50.8. The van der Waals surface area contributed by atoms with Gasteiger partial charge in [0.05, 0.1) is 5.56 Å². The van der Waals surface area contributed by atoms with E-state index in [-0.39, 0.29) is 29.6 Å². The van der Waals surface area contributed by atoms with Gasteiger partial charge in [-0.3, -0.25) is 9.59 Å². The summed E-state index contributed by atoms with van der Waals surface area (Å²) >= 11 is 0. The Balaban J connectivity index is 2.45. The fourth-order valence-corrected chi connectivity index (χ4v) is 2.35. The molecule has 1 atom stereocenters. The normalized spacial score (nSPS) is 12.0. The van der Waals surface area contributed by atoms with Gasteiger partial charge in [0.25, 0.3) is 5.91 Å². The van der Waals surface area contributed by atoms with Gasteiger partial charge in [-0.05, 0) is 42.9 Å². The Kier molecular flexibility index (Phi) is 8.63. The smallest absolute Gasteiger partial charge is 0.431 e. The molecule has 154 valence electrons. The zero-order chi connectivity index (χ0) is 21.3. The first-order valence-corrected chi connectivity index (χ1v) is 9.04. The van der Waals surface area contributed by atoms with Gasteiger partial charge in [-0.2, -0.15) is 5.48 Å². The molecule has 0 aliphatic heterocycles. The number of hydrogen-bond acceptors (Lipinski definition) is 5. The molecule has 0 radical (unpaired) electrons. The molecule has 0 fully saturated rings. The number of nitrogens with one attached hydrogen (secondary N) is 2. The van der Waals surface area contributed by atoms with Crippen LogP contribution in [0.15, 0.2) is 24.3 Å². The summed E-state index contributed by atoms with van der Waals surface area (Å²) in [5.41, 5.74) is 2.94. The Hall–Kier alpha value is -2.90. The maximum atomic E-state index is 11.9. The molecule has 1 unspecified atom stereocenters. The number of ketones is 1. The number of Topliss-reactive ketones (excluding diaryl/α,β-unsaturated/α-hetero) is 1. The number of hydroxylamine groups is 1. The van der Waals surface area contributed by atoms with Gasteiger partial charge >= 0.3 is 12.1 Å². The summed E-state index contributed by atoms with van der Waals surface area (Å²) in [7, 11) is 0. The Labute approximate surface area is 164 Å². The van der Waals surface area contributed by atoms with E-state index < -0.39 is 23.9 Å². The fourth-order valence-electron chi connectivity index (χ4n) is 2.35. The van der Waals surface area contributed by atoms with E-state index in [2.05, 4.69) is 15.6 Å². The van der Waals surface area contributed by atoms with Gasteiger partial charge in [-0.25, -0.2) is 9.59 Å². The number of rotatable bonds is 8. The maximum Gasteiger partial charge on any atom is 0.431 e. The van der Waals surface area contributed by atoms with E-state index in [1.807, 2.05) is 20.8 Å². The zero-order valence-electron chi connectivity index (χ0n) is 16.7. The summed E-state index contributed by atoms with van der Waals surface area (Å²) in [5, 5.41) is 11.4. The number of aromatic carboxylic acids is 1. The monoisotopic (exact) mass is 392 g/mol. The van der Waals surface area contributed by atoms with Crippen LogP contribution in [0.1, 0.15) is 56.5 Å². The van der Waals surface area contributed by atoms with Crippen molar-refractivity contribution in [1.82, 2.24) is 10.8 Å². The Morgan fingerprint density at radius 2 is 1.71 bits per heavy atom. The van der Waals surface area contributed by atoms with E-state index in [0.29, 0.717) is 13.0 Å². The zero-order valence-corrected chi connectivity index (χ0v) is 16.7. The first kappa shape index (κ1) is 23.1. The minimum atomic E-state index is -1.02. The van der Waals surface area contributed by atoms with E-state index in [1.54, 1.807) is 12.1 Å².